The smallest absolute Gasteiger partial charge is 0.326 e. The summed E-state index contributed by atoms with van der Waals surface area (Å²) in [5.41, 5.74) is 10.4. The fourth-order valence-corrected chi connectivity index (χ4v) is 2.68. The van der Waals surface area contributed by atoms with Gasteiger partial charge in [-0.05, 0) is 18.4 Å². The number of thioether (sulfide) groups is 1. The Morgan fingerprint density at radius 2 is 1.39 bits per heavy atom. The number of primary amides is 1. The number of hydrogen-bond donors (Lipinski definition) is 8. The standard InChI is InChI=1S/C16H27N5O9S/c1-31-3-2-8(19-13(26)7(17)4-12(24)25)14(27)21-10(6-22)15(28)20-9(16(29)30)5-11(18)23/h7-10,22H,2-6,17H2,1H3,(H2,18,23)(H,19,26)(H,20,28)(H,21,27)(H,24,25)(H,29,30). The molecular weight excluding hydrogens is 438 g/mol. The lowest BCUT2D eigenvalue weighted by Crippen LogP contribution is -2.58. The van der Waals surface area contributed by atoms with E-state index in [1.165, 1.54) is 11.8 Å². The van der Waals surface area contributed by atoms with E-state index in [4.69, 9.17) is 21.7 Å². The van der Waals surface area contributed by atoms with Crippen molar-refractivity contribution >= 4 is 47.3 Å². The van der Waals surface area contributed by atoms with E-state index in [2.05, 4.69) is 10.6 Å². The zero-order valence-corrected chi connectivity index (χ0v) is 17.5. The van der Waals surface area contributed by atoms with Crippen molar-refractivity contribution in [1.82, 2.24) is 16.0 Å². The van der Waals surface area contributed by atoms with Crippen LogP contribution in [0.25, 0.3) is 0 Å². The first-order valence-electron chi connectivity index (χ1n) is 8.92. The van der Waals surface area contributed by atoms with E-state index in [1.54, 1.807) is 6.26 Å². The Labute approximate surface area is 181 Å². The Kier molecular flexibility index (Phi) is 12.8. The molecule has 0 saturated heterocycles. The normalized spacial score (nSPS) is 14.4. The molecule has 0 rings (SSSR count). The number of carboxylic acid groups (broad SMARTS) is 2. The predicted octanol–water partition coefficient (Wildman–Crippen LogP) is -4.05. The van der Waals surface area contributed by atoms with Gasteiger partial charge in [-0.3, -0.25) is 24.0 Å². The number of rotatable bonds is 15. The zero-order chi connectivity index (χ0) is 24.1. The Bertz CT molecular complexity index is 690. The van der Waals surface area contributed by atoms with Crippen molar-refractivity contribution in [2.45, 2.75) is 43.4 Å². The summed E-state index contributed by atoms with van der Waals surface area (Å²) in [6.07, 6.45) is 0.460. The Morgan fingerprint density at radius 1 is 0.871 bits per heavy atom. The number of nitrogens with two attached hydrogens (primary N) is 2. The van der Waals surface area contributed by atoms with Gasteiger partial charge in [0.1, 0.15) is 18.1 Å². The van der Waals surface area contributed by atoms with Gasteiger partial charge in [0.2, 0.25) is 23.6 Å². The van der Waals surface area contributed by atoms with Crippen molar-refractivity contribution in [2.24, 2.45) is 11.5 Å². The molecule has 0 aromatic rings. The molecule has 0 saturated carbocycles. The van der Waals surface area contributed by atoms with Crippen LogP contribution in [-0.2, 0) is 28.8 Å². The van der Waals surface area contributed by atoms with Gasteiger partial charge in [0.25, 0.3) is 0 Å². The van der Waals surface area contributed by atoms with E-state index in [0.29, 0.717) is 5.75 Å². The summed E-state index contributed by atoms with van der Waals surface area (Å²) in [6, 6.07) is -5.88. The summed E-state index contributed by atoms with van der Waals surface area (Å²) in [6.45, 7) is -0.914. The van der Waals surface area contributed by atoms with Crippen molar-refractivity contribution in [1.29, 1.82) is 0 Å². The van der Waals surface area contributed by atoms with E-state index in [-0.39, 0.29) is 6.42 Å². The third-order valence-corrected chi connectivity index (χ3v) is 4.45. The van der Waals surface area contributed by atoms with Crippen LogP contribution in [0.5, 0.6) is 0 Å². The van der Waals surface area contributed by atoms with Gasteiger partial charge in [0, 0.05) is 0 Å². The van der Waals surface area contributed by atoms with Crippen LogP contribution in [0.3, 0.4) is 0 Å². The van der Waals surface area contributed by atoms with Gasteiger partial charge < -0.3 is 42.7 Å². The minimum absolute atomic E-state index is 0.0950. The largest absolute Gasteiger partial charge is 0.481 e. The first kappa shape index (κ1) is 28.1. The molecule has 0 spiro atoms. The average molecular weight is 465 g/mol. The SMILES string of the molecule is CSCCC(NC(=O)C(N)CC(=O)O)C(=O)NC(CO)C(=O)NC(CC(N)=O)C(=O)O. The minimum atomic E-state index is -1.67. The van der Waals surface area contributed by atoms with E-state index in [0.717, 1.165) is 0 Å². The summed E-state index contributed by atoms with van der Waals surface area (Å²) in [7, 11) is 0. The molecule has 0 bridgehead atoms. The number of aliphatic hydroxyl groups is 1. The minimum Gasteiger partial charge on any atom is -0.481 e. The number of aliphatic hydroxyl groups excluding tert-OH is 1. The molecule has 10 N–H and O–H groups in total. The molecule has 0 aromatic heterocycles. The van der Waals surface area contributed by atoms with Gasteiger partial charge in [0.15, 0.2) is 0 Å². The van der Waals surface area contributed by atoms with Crippen LogP contribution in [0.2, 0.25) is 0 Å². The molecule has 4 amide bonds. The molecule has 14 nitrogen and oxygen atoms in total. The summed E-state index contributed by atoms with van der Waals surface area (Å²) >= 11 is 1.35. The van der Waals surface area contributed by atoms with Crippen LogP contribution in [0.15, 0.2) is 0 Å². The van der Waals surface area contributed by atoms with Gasteiger partial charge in [0.05, 0.1) is 25.5 Å². The number of aliphatic carboxylic acids is 2. The number of hydrogen-bond acceptors (Lipinski definition) is 9. The number of carbonyl (C=O) groups is 6. The van der Waals surface area contributed by atoms with Crippen molar-refractivity contribution in [3.63, 3.8) is 0 Å². The van der Waals surface area contributed by atoms with E-state index in [1.807, 2.05) is 5.32 Å². The van der Waals surface area contributed by atoms with Crippen molar-refractivity contribution in [3.05, 3.63) is 0 Å². The predicted molar refractivity (Wildman–Crippen MR) is 108 cm³/mol. The van der Waals surface area contributed by atoms with Crippen molar-refractivity contribution in [2.75, 3.05) is 18.6 Å². The molecule has 15 heteroatoms. The number of carboxylic acids is 2. The molecule has 176 valence electrons. The van der Waals surface area contributed by atoms with Gasteiger partial charge >= 0.3 is 11.9 Å². The highest BCUT2D eigenvalue weighted by molar-refractivity contribution is 7.98. The molecule has 0 aliphatic rings. The highest BCUT2D eigenvalue weighted by Gasteiger charge is 2.30. The number of amides is 4. The van der Waals surface area contributed by atoms with Crippen LogP contribution in [0.1, 0.15) is 19.3 Å². The molecule has 4 atom stereocenters. The molecule has 0 heterocycles. The van der Waals surface area contributed by atoms with Gasteiger partial charge in [-0.2, -0.15) is 11.8 Å². The maximum Gasteiger partial charge on any atom is 0.326 e. The molecule has 0 fully saturated rings. The highest BCUT2D eigenvalue weighted by Crippen LogP contribution is 2.03. The maximum absolute atomic E-state index is 12.5. The molecule has 0 radical (unpaired) electrons. The fourth-order valence-electron chi connectivity index (χ4n) is 2.20. The quantitative estimate of drug-likeness (QED) is 0.115. The number of carbonyl (C=O) groups excluding carboxylic acids is 4. The first-order valence-corrected chi connectivity index (χ1v) is 10.3. The Hall–Kier alpha value is -2.91. The monoisotopic (exact) mass is 465 g/mol. The van der Waals surface area contributed by atoms with Crippen LogP contribution in [0.4, 0.5) is 0 Å². The van der Waals surface area contributed by atoms with Crippen molar-refractivity contribution < 1.29 is 44.1 Å². The second-order valence-electron chi connectivity index (χ2n) is 6.36. The second kappa shape index (κ2) is 14.2. The topological polar surface area (TPSA) is 251 Å². The highest BCUT2D eigenvalue weighted by atomic mass is 32.2. The second-order valence-corrected chi connectivity index (χ2v) is 7.35. The van der Waals surface area contributed by atoms with Crippen LogP contribution >= 0.6 is 11.8 Å². The molecular formula is C16H27N5O9S. The molecule has 0 aromatic carbocycles. The molecule has 4 unspecified atom stereocenters. The van der Waals surface area contributed by atoms with E-state index < -0.39 is 79.2 Å². The Morgan fingerprint density at radius 3 is 1.84 bits per heavy atom. The Balaban J connectivity index is 5.22. The lowest BCUT2D eigenvalue weighted by Gasteiger charge is -2.24. The first-order chi connectivity index (χ1) is 14.4. The van der Waals surface area contributed by atoms with Crippen LogP contribution in [0, 0.1) is 0 Å². The molecule has 0 aliphatic carbocycles. The zero-order valence-electron chi connectivity index (χ0n) is 16.7. The van der Waals surface area contributed by atoms with Gasteiger partial charge in [-0.1, -0.05) is 0 Å². The van der Waals surface area contributed by atoms with Gasteiger partial charge in [-0.25, -0.2) is 4.79 Å². The fraction of sp³-hybridized carbons (Fsp3) is 0.625. The summed E-state index contributed by atoms with van der Waals surface area (Å²) in [5.74, 6) is -6.33. The third kappa shape index (κ3) is 11.2. The molecule has 0 aliphatic heterocycles. The summed E-state index contributed by atoms with van der Waals surface area (Å²) in [4.78, 5) is 69.5. The van der Waals surface area contributed by atoms with E-state index in [9.17, 15) is 33.9 Å². The van der Waals surface area contributed by atoms with Crippen molar-refractivity contribution in [3.8, 4) is 0 Å². The average Bonchev–Trinajstić information content (AvgIpc) is 2.67. The lowest BCUT2D eigenvalue weighted by atomic mass is 10.1. The lowest BCUT2D eigenvalue weighted by molar-refractivity contribution is -0.144. The maximum atomic E-state index is 12.5. The molecule has 31 heavy (non-hydrogen) atoms. The third-order valence-electron chi connectivity index (χ3n) is 3.81. The summed E-state index contributed by atoms with van der Waals surface area (Å²) in [5, 5.41) is 33.6. The van der Waals surface area contributed by atoms with Crippen LogP contribution < -0.4 is 27.4 Å². The van der Waals surface area contributed by atoms with Crippen LogP contribution in [-0.4, -0.2) is 93.7 Å². The van der Waals surface area contributed by atoms with Gasteiger partial charge in [-0.15, -0.1) is 0 Å². The number of nitrogens with one attached hydrogen (secondary N) is 3. The summed E-state index contributed by atoms with van der Waals surface area (Å²) < 4.78 is 0. The van der Waals surface area contributed by atoms with E-state index >= 15 is 0 Å².